The number of nitrogens with zero attached hydrogens (tertiary/aromatic N) is 5. The van der Waals surface area contributed by atoms with Crippen molar-refractivity contribution in [2.24, 2.45) is 0 Å². The number of nitrogens with one attached hydrogen (secondary N) is 1. The third kappa shape index (κ3) is 3.46. The third-order valence-electron chi connectivity index (χ3n) is 3.72. The molecule has 110 valence electrons. The van der Waals surface area contributed by atoms with Gasteiger partial charge in [-0.15, -0.1) is 5.10 Å². The van der Waals surface area contributed by atoms with Crippen LogP contribution in [0, 0.1) is 0 Å². The summed E-state index contributed by atoms with van der Waals surface area (Å²) in [5.74, 6) is 1.43. The predicted octanol–water partition coefficient (Wildman–Crippen LogP) is 1.76. The minimum atomic E-state index is 0.539. The molecular formula is C15H20N6. The van der Waals surface area contributed by atoms with Crippen molar-refractivity contribution in [3.05, 3.63) is 36.5 Å². The maximum Gasteiger partial charge on any atom is 0.249 e. The molecule has 0 unspecified atom stereocenters. The summed E-state index contributed by atoms with van der Waals surface area (Å²) in [6, 6.07) is 9.90. The Morgan fingerprint density at radius 1 is 1.10 bits per heavy atom. The van der Waals surface area contributed by atoms with Gasteiger partial charge < -0.3 is 15.1 Å². The van der Waals surface area contributed by atoms with Crippen molar-refractivity contribution >= 4 is 17.5 Å². The molecule has 0 saturated carbocycles. The summed E-state index contributed by atoms with van der Waals surface area (Å²) in [5, 5.41) is 11.3. The molecule has 6 heteroatoms. The Morgan fingerprint density at radius 3 is 2.57 bits per heavy atom. The third-order valence-corrected chi connectivity index (χ3v) is 3.72. The van der Waals surface area contributed by atoms with E-state index < -0.39 is 0 Å². The molecule has 1 aromatic carbocycles. The smallest absolute Gasteiger partial charge is 0.249 e. The highest BCUT2D eigenvalue weighted by Gasteiger charge is 2.17. The number of anilines is 3. The first-order chi connectivity index (χ1) is 10.3. The number of benzene rings is 1. The Morgan fingerprint density at radius 2 is 1.86 bits per heavy atom. The number of para-hydroxylation sites is 1. The summed E-state index contributed by atoms with van der Waals surface area (Å²) >= 11 is 0. The van der Waals surface area contributed by atoms with Crippen molar-refractivity contribution in [3.63, 3.8) is 0 Å². The van der Waals surface area contributed by atoms with Gasteiger partial charge in [0.2, 0.25) is 5.95 Å². The fourth-order valence-electron chi connectivity index (χ4n) is 2.44. The molecule has 1 aliphatic rings. The molecule has 0 aliphatic carbocycles. The standard InChI is InChI=1S/C15H20N6/c1-2-20-8-10-21(11-9-20)14-12-16-19-15(18-14)17-13-6-4-3-5-7-13/h3-7,12H,2,8-11H2,1H3,(H,17,18,19). The lowest BCUT2D eigenvalue weighted by Crippen LogP contribution is -2.46. The molecule has 3 rings (SSSR count). The number of likely N-dealkylation sites (N-methyl/N-ethyl adjacent to an activating group) is 1. The maximum absolute atomic E-state index is 4.57. The quantitative estimate of drug-likeness (QED) is 0.923. The fourth-order valence-corrected chi connectivity index (χ4v) is 2.44. The van der Waals surface area contributed by atoms with E-state index in [-0.39, 0.29) is 0 Å². The Bertz CT molecular complexity index is 565. The molecule has 0 radical (unpaired) electrons. The zero-order valence-corrected chi connectivity index (χ0v) is 12.2. The van der Waals surface area contributed by atoms with E-state index >= 15 is 0 Å². The van der Waals surface area contributed by atoms with Crippen LogP contribution in [-0.4, -0.2) is 52.8 Å². The molecule has 1 saturated heterocycles. The topological polar surface area (TPSA) is 57.2 Å². The van der Waals surface area contributed by atoms with Crippen molar-refractivity contribution in [2.75, 3.05) is 42.9 Å². The van der Waals surface area contributed by atoms with E-state index in [0.29, 0.717) is 5.95 Å². The number of rotatable bonds is 4. The van der Waals surface area contributed by atoms with E-state index in [4.69, 9.17) is 0 Å². The van der Waals surface area contributed by atoms with Gasteiger partial charge in [-0.3, -0.25) is 0 Å². The van der Waals surface area contributed by atoms with E-state index in [1.807, 2.05) is 30.3 Å². The fraction of sp³-hybridized carbons (Fsp3) is 0.400. The van der Waals surface area contributed by atoms with Gasteiger partial charge in [-0.05, 0) is 18.7 Å². The Labute approximate surface area is 124 Å². The van der Waals surface area contributed by atoms with Gasteiger partial charge >= 0.3 is 0 Å². The van der Waals surface area contributed by atoms with E-state index in [2.05, 4.69) is 37.2 Å². The molecule has 1 fully saturated rings. The molecule has 2 aromatic rings. The monoisotopic (exact) mass is 284 g/mol. The summed E-state index contributed by atoms with van der Waals surface area (Å²) in [6.07, 6.45) is 1.73. The SMILES string of the molecule is CCN1CCN(c2cnnc(Nc3ccccc3)n2)CC1. The van der Waals surface area contributed by atoms with Gasteiger partial charge in [-0.25, -0.2) is 0 Å². The Balaban J connectivity index is 1.69. The molecule has 2 heterocycles. The minimum absolute atomic E-state index is 0.539. The predicted molar refractivity (Wildman–Crippen MR) is 83.9 cm³/mol. The second-order valence-electron chi connectivity index (χ2n) is 5.05. The lowest BCUT2D eigenvalue weighted by atomic mass is 10.3. The van der Waals surface area contributed by atoms with E-state index in [1.165, 1.54) is 0 Å². The van der Waals surface area contributed by atoms with Gasteiger partial charge in [0.1, 0.15) is 0 Å². The van der Waals surface area contributed by atoms with Crippen LogP contribution < -0.4 is 10.2 Å². The molecule has 0 bridgehead atoms. The van der Waals surface area contributed by atoms with Crippen molar-refractivity contribution in [1.82, 2.24) is 20.1 Å². The normalized spacial score (nSPS) is 16.0. The molecule has 1 N–H and O–H groups in total. The maximum atomic E-state index is 4.57. The van der Waals surface area contributed by atoms with Crippen molar-refractivity contribution < 1.29 is 0 Å². The van der Waals surface area contributed by atoms with Crippen molar-refractivity contribution in [1.29, 1.82) is 0 Å². The molecular weight excluding hydrogens is 264 g/mol. The van der Waals surface area contributed by atoms with Gasteiger partial charge in [0.25, 0.3) is 0 Å². The first-order valence-corrected chi connectivity index (χ1v) is 7.34. The van der Waals surface area contributed by atoms with Crippen LogP contribution in [0.25, 0.3) is 0 Å². The van der Waals surface area contributed by atoms with Crippen LogP contribution in [0.5, 0.6) is 0 Å². The van der Waals surface area contributed by atoms with Crippen LogP contribution >= 0.6 is 0 Å². The first-order valence-electron chi connectivity index (χ1n) is 7.34. The lowest BCUT2D eigenvalue weighted by Gasteiger charge is -2.34. The second kappa shape index (κ2) is 6.49. The molecule has 0 spiro atoms. The van der Waals surface area contributed by atoms with E-state index in [0.717, 1.165) is 44.2 Å². The number of piperazine rings is 1. The van der Waals surface area contributed by atoms with Gasteiger partial charge in [-0.2, -0.15) is 10.1 Å². The molecule has 0 atom stereocenters. The molecule has 6 nitrogen and oxygen atoms in total. The summed E-state index contributed by atoms with van der Waals surface area (Å²) in [5.41, 5.74) is 0.965. The van der Waals surface area contributed by atoms with Crippen LogP contribution in [0.4, 0.5) is 17.5 Å². The number of hydrogen-bond acceptors (Lipinski definition) is 6. The number of aromatic nitrogens is 3. The summed E-state index contributed by atoms with van der Waals surface area (Å²) < 4.78 is 0. The van der Waals surface area contributed by atoms with Crippen LogP contribution in [-0.2, 0) is 0 Å². The highest BCUT2D eigenvalue weighted by Crippen LogP contribution is 2.16. The van der Waals surface area contributed by atoms with Crippen LogP contribution in [0.3, 0.4) is 0 Å². The highest BCUT2D eigenvalue weighted by atomic mass is 15.3. The van der Waals surface area contributed by atoms with Gasteiger partial charge in [0.15, 0.2) is 5.82 Å². The van der Waals surface area contributed by atoms with Gasteiger partial charge in [0, 0.05) is 31.9 Å². The average molecular weight is 284 g/mol. The van der Waals surface area contributed by atoms with Crippen LogP contribution in [0.2, 0.25) is 0 Å². The van der Waals surface area contributed by atoms with Gasteiger partial charge in [0.05, 0.1) is 6.20 Å². The van der Waals surface area contributed by atoms with Crippen molar-refractivity contribution in [2.45, 2.75) is 6.92 Å². The molecule has 0 amide bonds. The molecule has 1 aliphatic heterocycles. The Hall–Kier alpha value is -2.21. The van der Waals surface area contributed by atoms with E-state index in [9.17, 15) is 0 Å². The van der Waals surface area contributed by atoms with Crippen molar-refractivity contribution in [3.8, 4) is 0 Å². The largest absolute Gasteiger partial charge is 0.353 e. The summed E-state index contributed by atoms with van der Waals surface area (Å²) in [7, 11) is 0. The zero-order valence-electron chi connectivity index (χ0n) is 12.2. The lowest BCUT2D eigenvalue weighted by molar-refractivity contribution is 0.270. The summed E-state index contributed by atoms with van der Waals surface area (Å²) in [6.45, 7) is 7.42. The molecule has 1 aromatic heterocycles. The van der Waals surface area contributed by atoms with Crippen LogP contribution in [0.1, 0.15) is 6.92 Å². The molecule has 21 heavy (non-hydrogen) atoms. The number of hydrogen-bond donors (Lipinski definition) is 1. The first kappa shape index (κ1) is 13.8. The summed E-state index contributed by atoms with van der Waals surface area (Å²) in [4.78, 5) is 9.26. The zero-order chi connectivity index (χ0) is 14.5. The van der Waals surface area contributed by atoms with E-state index in [1.54, 1.807) is 6.20 Å². The Kier molecular flexibility index (Phi) is 4.25. The minimum Gasteiger partial charge on any atom is -0.353 e. The average Bonchev–Trinajstić information content (AvgIpc) is 2.56. The highest BCUT2D eigenvalue weighted by molar-refractivity contribution is 5.54. The second-order valence-corrected chi connectivity index (χ2v) is 5.05. The van der Waals surface area contributed by atoms with Crippen LogP contribution in [0.15, 0.2) is 36.5 Å². The van der Waals surface area contributed by atoms with Gasteiger partial charge in [-0.1, -0.05) is 25.1 Å².